The maximum absolute atomic E-state index is 13.9. The molecule has 0 radical (unpaired) electrons. The van der Waals surface area contributed by atoms with Crippen molar-refractivity contribution in [3.63, 3.8) is 0 Å². The van der Waals surface area contributed by atoms with Crippen LogP contribution in [0.5, 0.6) is 0 Å². The fourth-order valence-corrected chi connectivity index (χ4v) is 3.00. The van der Waals surface area contributed by atoms with Gasteiger partial charge in [-0.25, -0.2) is 8.78 Å². The van der Waals surface area contributed by atoms with E-state index in [1.54, 1.807) is 6.92 Å². The predicted octanol–water partition coefficient (Wildman–Crippen LogP) is 4.67. The molecule has 1 atom stereocenters. The molecule has 0 saturated heterocycles. The average Bonchev–Trinajstić information content (AvgIpc) is 2.42. The summed E-state index contributed by atoms with van der Waals surface area (Å²) in [6.45, 7) is 1.59. The first-order valence-corrected chi connectivity index (χ1v) is 7.22. The summed E-state index contributed by atoms with van der Waals surface area (Å²) in [5, 5.41) is 10.1. The Kier molecular flexibility index (Phi) is 4.92. The first-order valence-electron chi connectivity index (χ1n) is 7.22. The van der Waals surface area contributed by atoms with Crippen molar-refractivity contribution in [1.29, 1.82) is 0 Å². The van der Waals surface area contributed by atoms with Gasteiger partial charge >= 0.3 is 0 Å². The van der Waals surface area contributed by atoms with Crippen LogP contribution in [-0.4, -0.2) is 5.11 Å². The number of aryl methyl sites for hydroxylation is 1. The maximum Gasteiger partial charge on any atom is 0.134 e. The first-order chi connectivity index (χ1) is 9.09. The van der Waals surface area contributed by atoms with E-state index in [1.165, 1.54) is 44.2 Å². The number of hydrogen-bond acceptors (Lipinski definition) is 1. The monoisotopic (exact) mass is 268 g/mol. The number of halogens is 2. The molecule has 19 heavy (non-hydrogen) atoms. The van der Waals surface area contributed by atoms with Crippen molar-refractivity contribution >= 4 is 0 Å². The lowest BCUT2D eigenvalue weighted by Gasteiger charge is -2.23. The van der Waals surface area contributed by atoms with Crippen molar-refractivity contribution < 1.29 is 13.9 Å². The first kappa shape index (κ1) is 14.4. The van der Waals surface area contributed by atoms with Crippen molar-refractivity contribution in [3.8, 4) is 0 Å². The molecule has 1 aromatic rings. The smallest absolute Gasteiger partial charge is 0.134 e. The van der Waals surface area contributed by atoms with Crippen LogP contribution in [0.4, 0.5) is 8.78 Å². The van der Waals surface area contributed by atoms with Gasteiger partial charge in [0.1, 0.15) is 11.6 Å². The lowest BCUT2D eigenvalue weighted by atomic mass is 9.85. The Morgan fingerprint density at radius 1 is 1.21 bits per heavy atom. The van der Waals surface area contributed by atoms with Gasteiger partial charge in [0.15, 0.2) is 0 Å². The molecule has 1 aromatic carbocycles. The van der Waals surface area contributed by atoms with E-state index in [9.17, 15) is 13.9 Å². The van der Waals surface area contributed by atoms with Gasteiger partial charge in [0, 0.05) is 0 Å². The molecule has 0 bridgehead atoms. The average molecular weight is 268 g/mol. The van der Waals surface area contributed by atoms with Gasteiger partial charge in [0.25, 0.3) is 0 Å². The van der Waals surface area contributed by atoms with Crippen molar-refractivity contribution in [2.45, 2.75) is 58.0 Å². The summed E-state index contributed by atoms with van der Waals surface area (Å²) in [5.41, 5.74) is 0.226. The summed E-state index contributed by atoms with van der Waals surface area (Å²) >= 11 is 0. The number of aliphatic hydroxyl groups is 1. The third kappa shape index (κ3) is 3.53. The van der Waals surface area contributed by atoms with Gasteiger partial charge in [0.2, 0.25) is 0 Å². The van der Waals surface area contributed by atoms with E-state index in [0.717, 1.165) is 6.42 Å². The van der Waals surface area contributed by atoms with Gasteiger partial charge in [0.05, 0.1) is 11.7 Å². The number of rotatable bonds is 4. The van der Waals surface area contributed by atoms with E-state index in [2.05, 4.69) is 0 Å². The van der Waals surface area contributed by atoms with Crippen LogP contribution in [-0.2, 0) is 0 Å². The second-order valence-corrected chi connectivity index (χ2v) is 5.69. The van der Waals surface area contributed by atoms with Crippen LogP contribution in [0.2, 0.25) is 0 Å². The van der Waals surface area contributed by atoms with Crippen LogP contribution in [0, 0.1) is 24.5 Å². The van der Waals surface area contributed by atoms with Crippen molar-refractivity contribution in [1.82, 2.24) is 0 Å². The van der Waals surface area contributed by atoms with Gasteiger partial charge in [-0.2, -0.15) is 0 Å². The Morgan fingerprint density at radius 3 is 2.58 bits per heavy atom. The zero-order valence-electron chi connectivity index (χ0n) is 11.5. The highest BCUT2D eigenvalue weighted by atomic mass is 19.1. The summed E-state index contributed by atoms with van der Waals surface area (Å²) in [5.74, 6) is -0.630. The van der Waals surface area contributed by atoms with Crippen LogP contribution < -0.4 is 0 Å². The van der Waals surface area contributed by atoms with E-state index in [4.69, 9.17) is 0 Å². The molecule has 1 nitrogen and oxygen atoms in total. The maximum atomic E-state index is 13.9. The molecule has 0 amide bonds. The fraction of sp³-hybridized carbons (Fsp3) is 0.625. The molecule has 2 rings (SSSR count). The highest BCUT2D eigenvalue weighted by molar-refractivity contribution is 5.28. The molecule has 106 valence electrons. The predicted molar refractivity (Wildman–Crippen MR) is 71.9 cm³/mol. The van der Waals surface area contributed by atoms with Crippen LogP contribution >= 0.6 is 0 Å². The Balaban J connectivity index is 1.99. The molecule has 1 unspecified atom stereocenters. The quantitative estimate of drug-likeness (QED) is 0.841. The molecule has 1 N–H and O–H groups in total. The van der Waals surface area contributed by atoms with Crippen molar-refractivity contribution in [3.05, 3.63) is 34.9 Å². The van der Waals surface area contributed by atoms with E-state index in [-0.39, 0.29) is 5.56 Å². The molecular weight excluding hydrogens is 246 g/mol. The van der Waals surface area contributed by atoms with Crippen LogP contribution in [0.1, 0.15) is 62.2 Å². The van der Waals surface area contributed by atoms with E-state index in [1.807, 2.05) is 0 Å². The Morgan fingerprint density at radius 2 is 1.89 bits per heavy atom. The minimum Gasteiger partial charge on any atom is -0.388 e. The Bertz CT molecular complexity index is 425. The Labute approximate surface area is 113 Å². The lowest BCUT2D eigenvalue weighted by molar-refractivity contribution is 0.142. The minimum absolute atomic E-state index is 0.157. The summed E-state index contributed by atoms with van der Waals surface area (Å²) in [6.07, 6.45) is 6.43. The summed E-state index contributed by atoms with van der Waals surface area (Å²) in [7, 11) is 0. The van der Waals surface area contributed by atoms with E-state index in [0.29, 0.717) is 17.9 Å². The molecule has 1 fully saturated rings. The SMILES string of the molecule is Cc1ccc(F)c(C(O)CCC2CCCCC2)c1F. The van der Waals surface area contributed by atoms with Crippen LogP contribution in [0.15, 0.2) is 12.1 Å². The second kappa shape index (κ2) is 6.47. The third-order valence-corrected chi connectivity index (χ3v) is 4.23. The Hall–Kier alpha value is -0.960. The topological polar surface area (TPSA) is 20.2 Å². The molecule has 0 spiro atoms. The summed E-state index contributed by atoms with van der Waals surface area (Å²) < 4.78 is 27.5. The van der Waals surface area contributed by atoms with Gasteiger partial charge in [-0.15, -0.1) is 0 Å². The highest BCUT2D eigenvalue weighted by Crippen LogP contribution is 2.32. The molecular formula is C16H22F2O. The summed E-state index contributed by atoms with van der Waals surface area (Å²) in [6, 6.07) is 2.64. The molecule has 3 heteroatoms. The van der Waals surface area contributed by atoms with Crippen LogP contribution in [0.25, 0.3) is 0 Å². The van der Waals surface area contributed by atoms with Crippen molar-refractivity contribution in [2.24, 2.45) is 5.92 Å². The number of benzene rings is 1. The third-order valence-electron chi connectivity index (χ3n) is 4.23. The molecule has 0 aliphatic heterocycles. The standard InChI is InChI=1S/C16H22F2O/c1-11-7-9-13(17)15(16(11)18)14(19)10-8-12-5-3-2-4-6-12/h7,9,12,14,19H,2-6,8,10H2,1H3. The minimum atomic E-state index is -1.03. The summed E-state index contributed by atoms with van der Waals surface area (Å²) in [4.78, 5) is 0. The fourth-order valence-electron chi connectivity index (χ4n) is 3.00. The van der Waals surface area contributed by atoms with Crippen LogP contribution in [0.3, 0.4) is 0 Å². The normalized spacial score (nSPS) is 18.5. The molecule has 1 saturated carbocycles. The molecule has 1 aliphatic carbocycles. The van der Waals surface area contributed by atoms with Gasteiger partial charge < -0.3 is 5.11 Å². The van der Waals surface area contributed by atoms with Crippen molar-refractivity contribution in [2.75, 3.05) is 0 Å². The lowest BCUT2D eigenvalue weighted by Crippen LogP contribution is -2.10. The van der Waals surface area contributed by atoms with Gasteiger partial charge in [-0.05, 0) is 37.3 Å². The molecule has 0 aromatic heterocycles. The number of aliphatic hydroxyl groups excluding tert-OH is 1. The number of hydrogen-bond donors (Lipinski definition) is 1. The van der Waals surface area contributed by atoms with E-state index < -0.39 is 17.7 Å². The van der Waals surface area contributed by atoms with E-state index >= 15 is 0 Å². The zero-order chi connectivity index (χ0) is 13.8. The van der Waals surface area contributed by atoms with Gasteiger partial charge in [-0.3, -0.25) is 0 Å². The molecule has 1 aliphatic rings. The molecule has 0 heterocycles. The highest BCUT2D eigenvalue weighted by Gasteiger charge is 2.21. The second-order valence-electron chi connectivity index (χ2n) is 5.69. The zero-order valence-corrected chi connectivity index (χ0v) is 11.5. The van der Waals surface area contributed by atoms with Gasteiger partial charge in [-0.1, -0.05) is 38.2 Å². The largest absolute Gasteiger partial charge is 0.388 e.